The summed E-state index contributed by atoms with van der Waals surface area (Å²) in [6.45, 7) is 2.66. The second-order valence-electron chi connectivity index (χ2n) is 4.88. The van der Waals surface area contributed by atoms with E-state index in [-0.39, 0.29) is 17.6 Å². The van der Waals surface area contributed by atoms with E-state index in [1.54, 1.807) is 0 Å². The smallest absolute Gasteiger partial charge is 0.154 e. The molecule has 0 aliphatic carbocycles. The Morgan fingerprint density at radius 3 is 2.79 bits per heavy atom. The fourth-order valence-corrected chi connectivity index (χ4v) is 4.52. The summed E-state index contributed by atoms with van der Waals surface area (Å²) in [4.78, 5) is 0. The first-order valence-corrected chi connectivity index (χ1v) is 8.83. The Bertz CT molecular complexity index is 571. The van der Waals surface area contributed by atoms with Gasteiger partial charge in [0.1, 0.15) is 11.9 Å². The summed E-state index contributed by atoms with van der Waals surface area (Å²) in [5.41, 5.74) is 2.06. The minimum atomic E-state index is -2.91. The van der Waals surface area contributed by atoms with Gasteiger partial charge in [-0.15, -0.1) is 0 Å². The van der Waals surface area contributed by atoms with Gasteiger partial charge in [0.2, 0.25) is 0 Å². The van der Waals surface area contributed by atoms with E-state index in [0.29, 0.717) is 13.0 Å². The number of nitrogens with one attached hydrogen (secondary N) is 1. The van der Waals surface area contributed by atoms with Crippen LogP contribution in [0.25, 0.3) is 0 Å². The number of aryl methyl sites for hydroxylation is 1. The van der Waals surface area contributed by atoms with Crippen molar-refractivity contribution in [3.8, 4) is 5.75 Å². The van der Waals surface area contributed by atoms with E-state index in [2.05, 4.69) is 21.2 Å². The standard InChI is InChI=1S/C13H18BrNO3S/c1-9-5-11(14)6-10(7-15-2)13(9)18-12-3-4-19(16,17)8-12/h5-6,12,15H,3-4,7-8H2,1-2H3. The Balaban J connectivity index is 2.24. The number of hydrogen-bond donors (Lipinski definition) is 1. The van der Waals surface area contributed by atoms with Gasteiger partial charge in [0.25, 0.3) is 0 Å². The Morgan fingerprint density at radius 1 is 1.47 bits per heavy atom. The Kier molecular flexibility index (Phi) is 4.53. The Labute approximate surface area is 122 Å². The number of sulfone groups is 1. The zero-order valence-corrected chi connectivity index (χ0v) is 13.5. The van der Waals surface area contributed by atoms with Crippen LogP contribution in [-0.4, -0.2) is 33.1 Å². The molecule has 0 aromatic heterocycles. The molecule has 2 rings (SSSR count). The van der Waals surface area contributed by atoms with E-state index in [1.165, 1.54) is 0 Å². The summed E-state index contributed by atoms with van der Waals surface area (Å²) in [6.07, 6.45) is 0.358. The van der Waals surface area contributed by atoms with Crippen molar-refractivity contribution in [2.75, 3.05) is 18.6 Å². The van der Waals surface area contributed by atoms with Crippen LogP contribution < -0.4 is 10.1 Å². The minimum absolute atomic E-state index is 0.126. The highest BCUT2D eigenvalue weighted by Gasteiger charge is 2.30. The fourth-order valence-electron chi connectivity index (χ4n) is 2.31. The highest BCUT2D eigenvalue weighted by atomic mass is 79.9. The molecule has 1 aliphatic rings. The van der Waals surface area contributed by atoms with Crippen LogP contribution in [0.4, 0.5) is 0 Å². The highest BCUT2D eigenvalue weighted by Crippen LogP contribution is 2.30. The second kappa shape index (κ2) is 5.81. The van der Waals surface area contributed by atoms with Gasteiger partial charge in [-0.25, -0.2) is 8.42 Å². The van der Waals surface area contributed by atoms with Crippen molar-refractivity contribution in [3.63, 3.8) is 0 Å². The lowest BCUT2D eigenvalue weighted by molar-refractivity contribution is 0.224. The number of benzene rings is 1. The van der Waals surface area contributed by atoms with Gasteiger partial charge in [-0.1, -0.05) is 15.9 Å². The van der Waals surface area contributed by atoms with Crippen molar-refractivity contribution in [1.82, 2.24) is 5.32 Å². The molecular weight excluding hydrogens is 330 g/mol. The first-order valence-electron chi connectivity index (χ1n) is 6.22. The largest absolute Gasteiger partial charge is 0.489 e. The van der Waals surface area contributed by atoms with Crippen LogP contribution in [-0.2, 0) is 16.4 Å². The summed E-state index contributed by atoms with van der Waals surface area (Å²) in [6, 6.07) is 3.99. The summed E-state index contributed by atoms with van der Waals surface area (Å²) in [5, 5.41) is 3.10. The first kappa shape index (κ1) is 14.8. The zero-order chi connectivity index (χ0) is 14.0. The molecular formula is C13H18BrNO3S. The summed E-state index contributed by atoms with van der Waals surface area (Å²) >= 11 is 3.47. The van der Waals surface area contributed by atoms with E-state index in [1.807, 2.05) is 26.1 Å². The van der Waals surface area contributed by atoms with Crippen LogP contribution in [0.1, 0.15) is 17.5 Å². The molecule has 106 valence electrons. The summed E-state index contributed by atoms with van der Waals surface area (Å²) in [5.74, 6) is 1.16. The predicted molar refractivity (Wildman–Crippen MR) is 79.3 cm³/mol. The first-order chi connectivity index (χ1) is 8.91. The quantitative estimate of drug-likeness (QED) is 0.905. The van der Waals surface area contributed by atoms with Crippen LogP contribution in [0, 0.1) is 6.92 Å². The van der Waals surface area contributed by atoms with E-state index in [0.717, 1.165) is 21.3 Å². The Hall–Kier alpha value is -0.590. The lowest BCUT2D eigenvalue weighted by atomic mass is 10.1. The van der Waals surface area contributed by atoms with E-state index < -0.39 is 9.84 Å². The fraction of sp³-hybridized carbons (Fsp3) is 0.538. The molecule has 1 heterocycles. The van der Waals surface area contributed by atoms with Crippen molar-refractivity contribution >= 4 is 25.8 Å². The molecule has 0 bridgehead atoms. The van der Waals surface area contributed by atoms with Crippen molar-refractivity contribution < 1.29 is 13.2 Å². The predicted octanol–water partition coefficient (Wildman–Crippen LogP) is 2.04. The van der Waals surface area contributed by atoms with Gasteiger partial charge in [-0.2, -0.15) is 0 Å². The molecule has 1 aromatic carbocycles. The van der Waals surface area contributed by atoms with Crippen molar-refractivity contribution in [2.24, 2.45) is 0 Å². The molecule has 6 heteroatoms. The molecule has 1 aliphatic heterocycles. The topological polar surface area (TPSA) is 55.4 Å². The normalized spacial score (nSPS) is 21.5. The van der Waals surface area contributed by atoms with Crippen LogP contribution in [0.3, 0.4) is 0 Å². The molecule has 0 radical (unpaired) electrons. The summed E-state index contributed by atoms with van der Waals surface area (Å²) < 4.78 is 29.9. The van der Waals surface area contributed by atoms with Gasteiger partial charge >= 0.3 is 0 Å². The number of halogens is 1. The van der Waals surface area contributed by atoms with Crippen molar-refractivity contribution in [3.05, 3.63) is 27.7 Å². The van der Waals surface area contributed by atoms with E-state index in [4.69, 9.17) is 4.74 Å². The van der Waals surface area contributed by atoms with Crippen molar-refractivity contribution in [2.45, 2.75) is 26.0 Å². The maximum Gasteiger partial charge on any atom is 0.154 e. The lowest BCUT2D eigenvalue weighted by Gasteiger charge is -2.18. The average molecular weight is 348 g/mol. The third kappa shape index (κ3) is 3.70. The van der Waals surface area contributed by atoms with Gasteiger partial charge in [0.05, 0.1) is 11.5 Å². The highest BCUT2D eigenvalue weighted by molar-refractivity contribution is 9.10. The van der Waals surface area contributed by atoms with Crippen LogP contribution in [0.15, 0.2) is 16.6 Å². The molecule has 1 aromatic rings. The number of hydrogen-bond acceptors (Lipinski definition) is 4. The molecule has 19 heavy (non-hydrogen) atoms. The minimum Gasteiger partial charge on any atom is -0.489 e. The van der Waals surface area contributed by atoms with Crippen LogP contribution in [0.2, 0.25) is 0 Å². The van der Waals surface area contributed by atoms with Crippen LogP contribution in [0.5, 0.6) is 5.75 Å². The maximum absolute atomic E-state index is 11.5. The molecule has 1 atom stereocenters. The zero-order valence-electron chi connectivity index (χ0n) is 11.1. The monoisotopic (exact) mass is 347 g/mol. The van der Waals surface area contributed by atoms with Gasteiger partial charge in [0.15, 0.2) is 9.84 Å². The third-order valence-corrected chi connectivity index (χ3v) is 5.35. The molecule has 1 fully saturated rings. The second-order valence-corrected chi connectivity index (χ2v) is 8.03. The third-order valence-electron chi connectivity index (χ3n) is 3.16. The molecule has 0 amide bonds. The molecule has 1 N–H and O–H groups in total. The van der Waals surface area contributed by atoms with Crippen LogP contribution >= 0.6 is 15.9 Å². The summed E-state index contributed by atoms with van der Waals surface area (Å²) in [7, 11) is -1.04. The van der Waals surface area contributed by atoms with Gasteiger partial charge < -0.3 is 10.1 Å². The van der Waals surface area contributed by atoms with E-state index in [9.17, 15) is 8.42 Å². The molecule has 0 spiro atoms. The molecule has 0 saturated carbocycles. The Morgan fingerprint density at radius 2 is 2.21 bits per heavy atom. The SMILES string of the molecule is CNCc1cc(Br)cc(C)c1OC1CCS(=O)(=O)C1. The molecule has 1 saturated heterocycles. The number of ether oxygens (including phenoxy) is 1. The van der Waals surface area contributed by atoms with E-state index >= 15 is 0 Å². The lowest BCUT2D eigenvalue weighted by Crippen LogP contribution is -2.20. The van der Waals surface area contributed by atoms with Gasteiger partial charge in [-0.05, 0) is 38.1 Å². The molecule has 1 unspecified atom stereocenters. The molecule has 4 nitrogen and oxygen atoms in total. The van der Waals surface area contributed by atoms with Gasteiger partial charge in [0, 0.05) is 16.6 Å². The van der Waals surface area contributed by atoms with Crippen molar-refractivity contribution in [1.29, 1.82) is 0 Å². The maximum atomic E-state index is 11.5. The number of rotatable bonds is 4. The van der Waals surface area contributed by atoms with Gasteiger partial charge in [-0.3, -0.25) is 0 Å². The average Bonchev–Trinajstić information content (AvgIpc) is 2.63.